The lowest BCUT2D eigenvalue weighted by atomic mass is 10.1. The van der Waals surface area contributed by atoms with E-state index in [2.05, 4.69) is 54.0 Å². The van der Waals surface area contributed by atoms with Crippen LogP contribution in [-0.4, -0.2) is 27.2 Å². The van der Waals surface area contributed by atoms with Crippen molar-refractivity contribution in [1.82, 2.24) is 0 Å². The second kappa shape index (κ2) is 8.79. The first kappa shape index (κ1) is 19.7. The van der Waals surface area contributed by atoms with Gasteiger partial charge in [0.1, 0.15) is 5.58 Å². The van der Waals surface area contributed by atoms with E-state index in [-0.39, 0.29) is 5.63 Å². The number of hydrogen-bond acceptors (Lipinski definition) is 4. The highest BCUT2D eigenvalue weighted by molar-refractivity contribution is 5.81. The van der Waals surface area contributed by atoms with Gasteiger partial charge in [-0.25, -0.2) is 4.79 Å². The summed E-state index contributed by atoms with van der Waals surface area (Å²) in [5, 5.41) is 0.953. The Kier molecular flexibility index (Phi) is 6.19. The SMILES string of the molecule is CCN(CC)c1ccc2cc(CC=Cc3ccc(N(C)C)cc3)c(=O)oc2c1. The molecular weight excluding hydrogens is 348 g/mol. The Hall–Kier alpha value is -3.01. The molecule has 3 rings (SSSR count). The maximum absolute atomic E-state index is 12.4. The molecule has 1 aromatic heterocycles. The van der Waals surface area contributed by atoms with Crippen molar-refractivity contribution >= 4 is 28.4 Å². The molecule has 4 heteroatoms. The number of benzene rings is 2. The highest BCUT2D eigenvalue weighted by atomic mass is 16.4. The smallest absolute Gasteiger partial charge is 0.339 e. The fourth-order valence-electron chi connectivity index (χ4n) is 3.28. The highest BCUT2D eigenvalue weighted by Gasteiger charge is 2.08. The Morgan fingerprint density at radius 2 is 1.61 bits per heavy atom. The summed E-state index contributed by atoms with van der Waals surface area (Å²) in [5.74, 6) is 0. The molecule has 0 saturated carbocycles. The molecule has 1 heterocycles. The van der Waals surface area contributed by atoms with E-state index in [4.69, 9.17) is 4.42 Å². The van der Waals surface area contributed by atoms with Crippen molar-refractivity contribution < 1.29 is 4.42 Å². The predicted molar refractivity (Wildman–Crippen MR) is 120 cm³/mol. The predicted octanol–water partition coefficient (Wildman–Crippen LogP) is 4.96. The molecule has 0 radical (unpaired) electrons. The molecule has 0 aliphatic carbocycles. The molecule has 0 aliphatic rings. The quantitative estimate of drug-likeness (QED) is 0.546. The van der Waals surface area contributed by atoms with E-state index in [0.717, 1.165) is 35.4 Å². The van der Waals surface area contributed by atoms with Gasteiger partial charge in [0.15, 0.2) is 0 Å². The van der Waals surface area contributed by atoms with Gasteiger partial charge in [-0.15, -0.1) is 0 Å². The van der Waals surface area contributed by atoms with Crippen LogP contribution in [-0.2, 0) is 6.42 Å². The fraction of sp³-hybridized carbons (Fsp3) is 0.292. The Balaban J connectivity index is 1.78. The lowest BCUT2D eigenvalue weighted by Crippen LogP contribution is -2.21. The van der Waals surface area contributed by atoms with Gasteiger partial charge in [-0.3, -0.25) is 0 Å². The molecule has 0 N–H and O–H groups in total. The molecule has 2 aromatic carbocycles. The van der Waals surface area contributed by atoms with Gasteiger partial charge >= 0.3 is 5.63 Å². The van der Waals surface area contributed by atoms with Crippen LogP contribution < -0.4 is 15.4 Å². The summed E-state index contributed by atoms with van der Waals surface area (Å²) in [4.78, 5) is 16.7. The summed E-state index contributed by atoms with van der Waals surface area (Å²) < 4.78 is 5.60. The molecule has 3 aromatic rings. The van der Waals surface area contributed by atoms with Crippen LogP contribution in [0.2, 0.25) is 0 Å². The number of rotatable bonds is 7. The van der Waals surface area contributed by atoms with Gasteiger partial charge in [0.25, 0.3) is 0 Å². The van der Waals surface area contributed by atoms with Gasteiger partial charge in [0.2, 0.25) is 0 Å². The van der Waals surface area contributed by atoms with Crippen molar-refractivity contribution in [3.63, 3.8) is 0 Å². The van der Waals surface area contributed by atoms with Crippen molar-refractivity contribution in [2.24, 2.45) is 0 Å². The van der Waals surface area contributed by atoms with E-state index < -0.39 is 0 Å². The molecule has 28 heavy (non-hydrogen) atoms. The van der Waals surface area contributed by atoms with Crippen LogP contribution >= 0.6 is 0 Å². The number of fused-ring (bicyclic) bond motifs is 1. The molecule has 0 atom stereocenters. The minimum absolute atomic E-state index is 0.267. The largest absolute Gasteiger partial charge is 0.422 e. The number of hydrogen-bond donors (Lipinski definition) is 0. The zero-order chi connectivity index (χ0) is 20.1. The zero-order valence-electron chi connectivity index (χ0n) is 17.1. The summed E-state index contributed by atoms with van der Waals surface area (Å²) in [6.07, 6.45) is 4.59. The molecule has 0 spiro atoms. The van der Waals surface area contributed by atoms with Gasteiger partial charge in [0.05, 0.1) is 0 Å². The van der Waals surface area contributed by atoms with Crippen molar-refractivity contribution in [2.45, 2.75) is 20.3 Å². The van der Waals surface area contributed by atoms with Crippen molar-refractivity contribution in [1.29, 1.82) is 0 Å². The molecule has 4 nitrogen and oxygen atoms in total. The molecule has 0 amide bonds. The summed E-state index contributed by atoms with van der Waals surface area (Å²) >= 11 is 0. The van der Waals surface area contributed by atoms with E-state index in [1.807, 2.05) is 44.4 Å². The molecule has 0 unspecified atom stereocenters. The Morgan fingerprint density at radius 1 is 0.929 bits per heavy atom. The lowest BCUT2D eigenvalue weighted by Gasteiger charge is -2.20. The third kappa shape index (κ3) is 4.45. The normalized spacial score (nSPS) is 11.3. The zero-order valence-corrected chi connectivity index (χ0v) is 17.1. The van der Waals surface area contributed by atoms with Gasteiger partial charge in [-0.2, -0.15) is 0 Å². The third-order valence-electron chi connectivity index (χ3n) is 4.98. The Labute approximate surface area is 166 Å². The topological polar surface area (TPSA) is 36.7 Å². The Bertz CT molecular complexity index is 1010. The first-order chi connectivity index (χ1) is 13.5. The van der Waals surface area contributed by atoms with Crippen LogP contribution in [0.25, 0.3) is 17.0 Å². The molecule has 146 valence electrons. The van der Waals surface area contributed by atoms with Crippen molar-refractivity contribution in [2.75, 3.05) is 37.0 Å². The van der Waals surface area contributed by atoms with Crippen LogP contribution in [0.3, 0.4) is 0 Å². The molecule has 0 aliphatic heterocycles. The van der Waals surface area contributed by atoms with Gasteiger partial charge in [-0.05, 0) is 56.2 Å². The maximum atomic E-state index is 12.4. The van der Waals surface area contributed by atoms with Crippen LogP contribution in [0, 0.1) is 0 Å². The second-order valence-electron chi connectivity index (χ2n) is 7.05. The van der Waals surface area contributed by atoms with Crippen LogP contribution in [0.15, 0.2) is 63.8 Å². The minimum atomic E-state index is -0.267. The number of nitrogens with zero attached hydrogens (tertiary/aromatic N) is 2. The number of anilines is 2. The van der Waals surface area contributed by atoms with Crippen LogP contribution in [0.4, 0.5) is 11.4 Å². The first-order valence-electron chi connectivity index (χ1n) is 9.77. The fourth-order valence-corrected chi connectivity index (χ4v) is 3.28. The summed E-state index contributed by atoms with van der Waals surface area (Å²) in [6, 6.07) is 16.3. The van der Waals surface area contributed by atoms with E-state index in [9.17, 15) is 4.79 Å². The molecule has 0 bridgehead atoms. The molecular formula is C24H28N2O2. The summed E-state index contributed by atoms with van der Waals surface area (Å²) in [5.41, 5.74) is 4.40. The van der Waals surface area contributed by atoms with Gasteiger partial charge < -0.3 is 14.2 Å². The van der Waals surface area contributed by atoms with Gasteiger partial charge in [0, 0.05) is 55.6 Å². The van der Waals surface area contributed by atoms with Crippen LogP contribution in [0.1, 0.15) is 25.0 Å². The first-order valence-corrected chi connectivity index (χ1v) is 9.77. The average Bonchev–Trinajstić information content (AvgIpc) is 2.69. The molecule has 0 fully saturated rings. The maximum Gasteiger partial charge on any atom is 0.339 e. The minimum Gasteiger partial charge on any atom is -0.422 e. The summed E-state index contributed by atoms with van der Waals surface area (Å²) in [7, 11) is 4.05. The van der Waals surface area contributed by atoms with Gasteiger partial charge in [-0.1, -0.05) is 24.3 Å². The lowest BCUT2D eigenvalue weighted by molar-refractivity contribution is 0.553. The van der Waals surface area contributed by atoms with E-state index in [0.29, 0.717) is 17.6 Å². The highest BCUT2D eigenvalue weighted by Crippen LogP contribution is 2.22. The van der Waals surface area contributed by atoms with Crippen molar-refractivity contribution in [3.05, 3.63) is 76.2 Å². The standard InChI is InChI=1S/C24H28N2O2/c1-5-26(6-2)22-15-12-19-16-20(24(27)28-23(19)17-22)9-7-8-18-10-13-21(14-11-18)25(3)4/h7-8,10-17H,5-6,9H2,1-4H3. The molecule has 0 saturated heterocycles. The van der Waals surface area contributed by atoms with E-state index in [1.165, 1.54) is 0 Å². The average molecular weight is 377 g/mol. The second-order valence-corrected chi connectivity index (χ2v) is 7.05. The number of allylic oxidation sites excluding steroid dienone is 1. The van der Waals surface area contributed by atoms with Crippen LogP contribution in [0.5, 0.6) is 0 Å². The monoisotopic (exact) mass is 376 g/mol. The Morgan fingerprint density at radius 3 is 2.25 bits per heavy atom. The van der Waals surface area contributed by atoms with E-state index >= 15 is 0 Å². The van der Waals surface area contributed by atoms with E-state index in [1.54, 1.807) is 0 Å². The van der Waals surface area contributed by atoms with Crippen molar-refractivity contribution in [3.8, 4) is 0 Å². The third-order valence-corrected chi connectivity index (χ3v) is 4.98. The summed E-state index contributed by atoms with van der Waals surface area (Å²) in [6.45, 7) is 6.08.